The van der Waals surface area contributed by atoms with Crippen molar-refractivity contribution in [1.29, 1.82) is 0 Å². The second-order valence-electron chi connectivity index (χ2n) is 5.45. The molecular formula is C18H23N3O2. The van der Waals surface area contributed by atoms with E-state index < -0.39 is 0 Å². The summed E-state index contributed by atoms with van der Waals surface area (Å²) in [5.74, 6) is -0.279. The van der Waals surface area contributed by atoms with Crippen LogP contribution in [0.3, 0.4) is 0 Å². The van der Waals surface area contributed by atoms with Crippen LogP contribution in [0.4, 0.5) is 11.4 Å². The van der Waals surface area contributed by atoms with Gasteiger partial charge in [0.05, 0.1) is 0 Å². The lowest BCUT2D eigenvalue weighted by molar-refractivity contribution is 0.101. The minimum absolute atomic E-state index is 0.0526. The molecule has 0 radical (unpaired) electrons. The number of carbonyl (C=O) groups excluding carboxylic acids is 2. The van der Waals surface area contributed by atoms with Gasteiger partial charge in [-0.05, 0) is 51.1 Å². The molecule has 0 unspecified atom stereocenters. The van der Waals surface area contributed by atoms with Crippen LogP contribution < -0.4 is 10.2 Å². The molecule has 1 heterocycles. The average Bonchev–Trinajstić information content (AvgIpc) is 2.92. The van der Waals surface area contributed by atoms with Crippen molar-refractivity contribution in [3.8, 4) is 0 Å². The first kappa shape index (κ1) is 16.8. The van der Waals surface area contributed by atoms with Crippen molar-refractivity contribution in [2.45, 2.75) is 20.8 Å². The topological polar surface area (TPSA) is 54.3 Å². The first-order chi connectivity index (χ1) is 11.0. The summed E-state index contributed by atoms with van der Waals surface area (Å²) in [6, 6.07) is 9.38. The van der Waals surface area contributed by atoms with Gasteiger partial charge in [0.1, 0.15) is 5.69 Å². The molecule has 0 atom stereocenters. The lowest BCUT2D eigenvalue weighted by Gasteiger charge is -2.21. The van der Waals surface area contributed by atoms with Crippen LogP contribution in [0.2, 0.25) is 0 Å². The van der Waals surface area contributed by atoms with Crippen LogP contribution in [0, 0.1) is 0 Å². The van der Waals surface area contributed by atoms with E-state index in [0.29, 0.717) is 11.3 Å². The molecule has 122 valence electrons. The summed E-state index contributed by atoms with van der Waals surface area (Å²) in [6.45, 7) is 7.60. The van der Waals surface area contributed by atoms with Gasteiger partial charge in [-0.1, -0.05) is 0 Å². The molecule has 1 N–H and O–H groups in total. The van der Waals surface area contributed by atoms with E-state index in [1.807, 2.05) is 24.3 Å². The van der Waals surface area contributed by atoms with E-state index >= 15 is 0 Å². The number of hydrogen-bond acceptors (Lipinski definition) is 3. The number of nitrogens with one attached hydrogen (secondary N) is 1. The molecule has 0 bridgehead atoms. The molecule has 5 heteroatoms. The van der Waals surface area contributed by atoms with Gasteiger partial charge in [-0.2, -0.15) is 0 Å². The predicted octanol–water partition coefficient (Wildman–Crippen LogP) is 3.33. The Balaban J connectivity index is 2.13. The van der Waals surface area contributed by atoms with E-state index in [1.165, 1.54) is 6.92 Å². The van der Waals surface area contributed by atoms with Crippen LogP contribution in [0.5, 0.6) is 0 Å². The molecule has 23 heavy (non-hydrogen) atoms. The number of aromatic nitrogens is 1. The third-order valence-corrected chi connectivity index (χ3v) is 3.90. The molecule has 0 aliphatic heterocycles. The first-order valence-electron chi connectivity index (χ1n) is 7.79. The predicted molar refractivity (Wildman–Crippen MR) is 93.4 cm³/mol. The Hall–Kier alpha value is -2.56. The Labute approximate surface area is 136 Å². The molecule has 1 aromatic carbocycles. The van der Waals surface area contributed by atoms with Crippen molar-refractivity contribution in [2.75, 3.05) is 23.3 Å². The monoisotopic (exact) mass is 313 g/mol. The molecule has 1 aromatic heterocycles. The molecule has 0 saturated heterocycles. The fourth-order valence-corrected chi connectivity index (χ4v) is 2.52. The van der Waals surface area contributed by atoms with Crippen LogP contribution in [0.1, 0.15) is 41.6 Å². The summed E-state index contributed by atoms with van der Waals surface area (Å²) in [6.07, 6.45) is 1.67. The van der Waals surface area contributed by atoms with Gasteiger partial charge in [-0.3, -0.25) is 9.59 Å². The number of Topliss-reactive ketones (excluding diaryl/α,β-unsaturated/α-hetero) is 1. The molecule has 0 fully saturated rings. The molecule has 0 aliphatic carbocycles. The highest BCUT2D eigenvalue weighted by molar-refractivity contribution is 6.05. The van der Waals surface area contributed by atoms with Crippen molar-refractivity contribution in [1.82, 2.24) is 4.57 Å². The number of anilines is 2. The van der Waals surface area contributed by atoms with Crippen LogP contribution in [-0.4, -0.2) is 29.3 Å². The zero-order chi connectivity index (χ0) is 17.0. The molecule has 0 spiro atoms. The average molecular weight is 313 g/mol. The maximum Gasteiger partial charge on any atom is 0.272 e. The molecule has 2 aromatic rings. The van der Waals surface area contributed by atoms with E-state index in [9.17, 15) is 9.59 Å². The van der Waals surface area contributed by atoms with Crippen molar-refractivity contribution in [3.63, 3.8) is 0 Å². The molecule has 0 aliphatic rings. The van der Waals surface area contributed by atoms with Crippen LogP contribution >= 0.6 is 0 Å². The first-order valence-corrected chi connectivity index (χ1v) is 7.79. The zero-order valence-corrected chi connectivity index (χ0v) is 14.1. The number of rotatable bonds is 6. The minimum atomic E-state index is -0.226. The number of amides is 1. The molecule has 2 rings (SSSR count). The summed E-state index contributed by atoms with van der Waals surface area (Å²) in [5, 5.41) is 2.86. The summed E-state index contributed by atoms with van der Waals surface area (Å²) in [5.41, 5.74) is 2.86. The van der Waals surface area contributed by atoms with Crippen molar-refractivity contribution < 1.29 is 9.59 Å². The van der Waals surface area contributed by atoms with E-state index in [-0.39, 0.29) is 11.7 Å². The van der Waals surface area contributed by atoms with Gasteiger partial charge in [-0.15, -0.1) is 0 Å². The fourth-order valence-electron chi connectivity index (χ4n) is 2.52. The van der Waals surface area contributed by atoms with Gasteiger partial charge in [-0.25, -0.2) is 0 Å². The standard InChI is InChI=1S/C18H23N3O2/c1-5-21(6-2)16-9-7-15(8-10-16)19-18(23)17-11-14(13(3)22)12-20(17)4/h7-12H,5-6H2,1-4H3,(H,19,23). The summed E-state index contributed by atoms with van der Waals surface area (Å²) < 4.78 is 1.66. The second kappa shape index (κ2) is 7.13. The van der Waals surface area contributed by atoms with Gasteiger partial charge in [0, 0.05) is 43.3 Å². The Bertz CT molecular complexity index is 698. The fraction of sp³-hybridized carbons (Fsp3) is 0.333. The quantitative estimate of drug-likeness (QED) is 0.832. The minimum Gasteiger partial charge on any atom is -0.372 e. The third kappa shape index (κ3) is 3.80. The molecule has 1 amide bonds. The number of aryl methyl sites for hydroxylation is 1. The van der Waals surface area contributed by atoms with Crippen LogP contribution in [0.15, 0.2) is 36.5 Å². The SMILES string of the molecule is CCN(CC)c1ccc(NC(=O)c2cc(C(C)=O)cn2C)cc1. The summed E-state index contributed by atoms with van der Waals surface area (Å²) >= 11 is 0. The van der Waals surface area contributed by atoms with E-state index in [0.717, 1.165) is 24.5 Å². The largest absolute Gasteiger partial charge is 0.372 e. The van der Waals surface area contributed by atoms with E-state index in [2.05, 4.69) is 24.1 Å². The second-order valence-corrected chi connectivity index (χ2v) is 5.45. The van der Waals surface area contributed by atoms with Crippen molar-refractivity contribution in [3.05, 3.63) is 47.8 Å². The Morgan fingerprint density at radius 3 is 2.22 bits per heavy atom. The molecular weight excluding hydrogens is 290 g/mol. The smallest absolute Gasteiger partial charge is 0.272 e. The maximum atomic E-state index is 12.3. The van der Waals surface area contributed by atoms with Gasteiger partial charge in [0.15, 0.2) is 5.78 Å². The highest BCUT2D eigenvalue weighted by Crippen LogP contribution is 2.18. The van der Waals surface area contributed by atoms with Gasteiger partial charge < -0.3 is 14.8 Å². The maximum absolute atomic E-state index is 12.3. The van der Waals surface area contributed by atoms with E-state index in [4.69, 9.17) is 0 Å². The number of ketones is 1. The number of carbonyl (C=O) groups is 2. The summed E-state index contributed by atoms with van der Waals surface area (Å²) in [7, 11) is 1.75. The van der Waals surface area contributed by atoms with Crippen LogP contribution in [-0.2, 0) is 7.05 Å². The molecule has 5 nitrogen and oxygen atoms in total. The highest BCUT2D eigenvalue weighted by atomic mass is 16.2. The normalized spacial score (nSPS) is 10.4. The van der Waals surface area contributed by atoms with E-state index in [1.54, 1.807) is 23.9 Å². The Morgan fingerprint density at radius 2 is 1.74 bits per heavy atom. The number of hydrogen-bond donors (Lipinski definition) is 1. The Kier molecular flexibility index (Phi) is 5.21. The van der Waals surface area contributed by atoms with Crippen molar-refractivity contribution in [2.24, 2.45) is 7.05 Å². The highest BCUT2D eigenvalue weighted by Gasteiger charge is 2.14. The van der Waals surface area contributed by atoms with Gasteiger partial charge in [0.25, 0.3) is 5.91 Å². The van der Waals surface area contributed by atoms with Crippen LogP contribution in [0.25, 0.3) is 0 Å². The summed E-state index contributed by atoms with van der Waals surface area (Å²) in [4.78, 5) is 26.0. The third-order valence-electron chi connectivity index (χ3n) is 3.90. The molecule has 0 saturated carbocycles. The lowest BCUT2D eigenvalue weighted by Crippen LogP contribution is -2.21. The number of benzene rings is 1. The van der Waals surface area contributed by atoms with Gasteiger partial charge >= 0.3 is 0 Å². The zero-order valence-electron chi connectivity index (χ0n) is 14.1. The van der Waals surface area contributed by atoms with Gasteiger partial charge in [0.2, 0.25) is 0 Å². The number of nitrogens with zero attached hydrogens (tertiary/aromatic N) is 2. The van der Waals surface area contributed by atoms with Crippen molar-refractivity contribution >= 4 is 23.1 Å². The lowest BCUT2D eigenvalue weighted by atomic mass is 10.2. The Morgan fingerprint density at radius 1 is 1.13 bits per heavy atom.